The van der Waals surface area contributed by atoms with Gasteiger partial charge in [0.05, 0.1) is 0 Å². The van der Waals surface area contributed by atoms with Crippen LogP contribution in [0.5, 0.6) is 0 Å². The van der Waals surface area contributed by atoms with E-state index in [9.17, 15) is 0 Å². The van der Waals surface area contributed by atoms with E-state index in [1.54, 1.807) is 0 Å². The van der Waals surface area contributed by atoms with E-state index >= 15 is 0 Å². The van der Waals surface area contributed by atoms with E-state index in [4.69, 9.17) is 11.6 Å². The van der Waals surface area contributed by atoms with Crippen LogP contribution in [-0.2, 0) is 0 Å². The van der Waals surface area contributed by atoms with Crippen molar-refractivity contribution < 1.29 is 0 Å². The first-order valence-corrected chi connectivity index (χ1v) is 4.00. The number of alkyl halides is 1. The Morgan fingerprint density at radius 1 is 1.75 bits per heavy atom. The summed E-state index contributed by atoms with van der Waals surface area (Å²) < 4.78 is 1.31. The molecule has 0 aromatic carbocycles. The van der Waals surface area contributed by atoms with E-state index in [2.05, 4.69) is 22.0 Å². The van der Waals surface area contributed by atoms with Gasteiger partial charge in [-0.05, 0) is 23.7 Å². The van der Waals surface area contributed by atoms with E-state index in [0.29, 0.717) is 5.38 Å². The molecule has 0 radical (unpaired) electrons. The molecule has 0 fully saturated rings. The Morgan fingerprint density at radius 3 is 2.88 bits per heavy atom. The van der Waals surface area contributed by atoms with Crippen LogP contribution in [0, 0.1) is 0 Å². The van der Waals surface area contributed by atoms with Crippen molar-refractivity contribution >= 4 is 27.5 Å². The minimum atomic E-state index is 0.385. The van der Waals surface area contributed by atoms with Gasteiger partial charge < -0.3 is 0 Å². The van der Waals surface area contributed by atoms with E-state index in [0.717, 1.165) is 19.3 Å². The molecule has 1 unspecified atom stereocenters. The number of rotatable bonds is 0. The molecule has 0 heterocycles. The van der Waals surface area contributed by atoms with Gasteiger partial charge in [0.2, 0.25) is 0 Å². The average molecular weight is 195 g/mol. The van der Waals surface area contributed by atoms with Gasteiger partial charge in [-0.3, -0.25) is 0 Å². The summed E-state index contributed by atoms with van der Waals surface area (Å²) in [5.41, 5.74) is 0. The summed E-state index contributed by atoms with van der Waals surface area (Å²) in [6.07, 6.45) is 5.43. The normalized spacial score (nSPS) is 29.8. The van der Waals surface area contributed by atoms with E-state index < -0.39 is 0 Å². The third-order valence-corrected chi connectivity index (χ3v) is 2.41. The molecule has 0 amide bonds. The highest BCUT2D eigenvalue weighted by molar-refractivity contribution is 9.11. The van der Waals surface area contributed by atoms with E-state index in [1.807, 2.05) is 0 Å². The molecule has 0 bridgehead atoms. The predicted octanol–water partition coefficient (Wildman–Crippen LogP) is 3.06. The Morgan fingerprint density at radius 2 is 2.50 bits per heavy atom. The number of halogens is 2. The molecule has 1 rings (SSSR count). The quantitative estimate of drug-likeness (QED) is 0.521. The summed E-state index contributed by atoms with van der Waals surface area (Å²) in [5.74, 6) is 0. The molecule has 2 heteroatoms. The van der Waals surface area contributed by atoms with E-state index in [1.165, 1.54) is 4.48 Å². The molecule has 0 nitrogen and oxygen atoms in total. The third kappa shape index (κ3) is 1.79. The Balaban J connectivity index is 2.42. The third-order valence-electron chi connectivity index (χ3n) is 1.29. The van der Waals surface area contributed by atoms with E-state index in [-0.39, 0.29) is 0 Å². The van der Waals surface area contributed by atoms with Crippen LogP contribution in [-0.4, -0.2) is 5.38 Å². The van der Waals surface area contributed by atoms with Gasteiger partial charge in [-0.2, -0.15) is 0 Å². The first-order valence-electron chi connectivity index (χ1n) is 2.77. The Hall–Kier alpha value is 0.510. The molecule has 0 saturated carbocycles. The second-order valence-electron chi connectivity index (χ2n) is 2.02. The van der Waals surface area contributed by atoms with Crippen molar-refractivity contribution in [3.8, 4) is 0 Å². The molecule has 0 aromatic rings. The zero-order chi connectivity index (χ0) is 5.98. The predicted molar refractivity (Wildman–Crippen MR) is 40.5 cm³/mol. The SMILES string of the molecule is ClC1CC=C(Br)CC1. The van der Waals surface area contributed by atoms with Gasteiger partial charge in [0.1, 0.15) is 0 Å². The summed E-state index contributed by atoms with van der Waals surface area (Å²) in [6, 6.07) is 0. The maximum Gasteiger partial charge on any atom is 0.0374 e. The maximum atomic E-state index is 5.82. The molecule has 0 aliphatic heterocycles. The van der Waals surface area contributed by atoms with Crippen LogP contribution < -0.4 is 0 Å². The highest BCUT2D eigenvalue weighted by atomic mass is 79.9. The number of hydrogen-bond donors (Lipinski definition) is 0. The van der Waals surface area contributed by atoms with Crippen molar-refractivity contribution in [3.63, 3.8) is 0 Å². The van der Waals surface area contributed by atoms with Gasteiger partial charge >= 0.3 is 0 Å². The van der Waals surface area contributed by atoms with Crippen molar-refractivity contribution in [1.29, 1.82) is 0 Å². The highest BCUT2D eigenvalue weighted by Crippen LogP contribution is 2.25. The molecule has 1 aliphatic carbocycles. The van der Waals surface area contributed by atoms with Gasteiger partial charge in [-0.1, -0.05) is 22.0 Å². The zero-order valence-electron chi connectivity index (χ0n) is 4.53. The minimum absolute atomic E-state index is 0.385. The Labute approximate surface area is 63.0 Å². The minimum Gasteiger partial charge on any atom is -0.123 e. The van der Waals surface area contributed by atoms with Crippen molar-refractivity contribution in [1.82, 2.24) is 0 Å². The van der Waals surface area contributed by atoms with Crippen LogP contribution in [0.1, 0.15) is 19.3 Å². The van der Waals surface area contributed by atoms with Gasteiger partial charge in [0, 0.05) is 5.38 Å². The summed E-state index contributed by atoms with van der Waals surface area (Å²) in [6.45, 7) is 0. The lowest BCUT2D eigenvalue weighted by Gasteiger charge is -2.11. The smallest absolute Gasteiger partial charge is 0.0374 e. The molecule has 46 valence electrons. The van der Waals surface area contributed by atoms with Crippen molar-refractivity contribution in [2.75, 3.05) is 0 Å². The molecule has 0 aromatic heterocycles. The van der Waals surface area contributed by atoms with Crippen LogP contribution >= 0.6 is 27.5 Å². The molecular weight excluding hydrogens is 187 g/mol. The summed E-state index contributed by atoms with van der Waals surface area (Å²) in [5, 5.41) is 0.385. The Kier molecular flexibility index (Phi) is 2.39. The van der Waals surface area contributed by atoms with Gasteiger partial charge in [0.25, 0.3) is 0 Å². The second-order valence-corrected chi connectivity index (χ2v) is 3.66. The van der Waals surface area contributed by atoms with Crippen LogP contribution in [0.2, 0.25) is 0 Å². The highest BCUT2D eigenvalue weighted by Gasteiger charge is 2.08. The topological polar surface area (TPSA) is 0 Å². The monoisotopic (exact) mass is 194 g/mol. The van der Waals surface area contributed by atoms with Crippen LogP contribution in [0.25, 0.3) is 0 Å². The summed E-state index contributed by atoms with van der Waals surface area (Å²) >= 11 is 9.23. The van der Waals surface area contributed by atoms with Gasteiger partial charge in [-0.25, -0.2) is 0 Å². The number of allylic oxidation sites excluding steroid dienone is 2. The van der Waals surface area contributed by atoms with Crippen molar-refractivity contribution in [2.24, 2.45) is 0 Å². The largest absolute Gasteiger partial charge is 0.123 e. The maximum absolute atomic E-state index is 5.82. The van der Waals surface area contributed by atoms with Crippen LogP contribution in [0.3, 0.4) is 0 Å². The molecule has 0 N–H and O–H groups in total. The summed E-state index contributed by atoms with van der Waals surface area (Å²) in [7, 11) is 0. The first-order chi connectivity index (χ1) is 3.79. The fraction of sp³-hybridized carbons (Fsp3) is 0.667. The average Bonchev–Trinajstić information content (AvgIpc) is 1.77. The standard InChI is InChI=1S/C6H8BrCl/c7-5-1-3-6(8)4-2-5/h1,6H,2-4H2. The molecule has 0 spiro atoms. The van der Waals surface area contributed by atoms with Crippen LogP contribution in [0.4, 0.5) is 0 Å². The molecular formula is C6H8BrCl. The lowest BCUT2D eigenvalue weighted by Crippen LogP contribution is -2.00. The lowest BCUT2D eigenvalue weighted by atomic mass is 10.1. The lowest BCUT2D eigenvalue weighted by molar-refractivity contribution is 0.734. The van der Waals surface area contributed by atoms with Gasteiger partial charge in [-0.15, -0.1) is 11.6 Å². The fourth-order valence-corrected chi connectivity index (χ4v) is 1.38. The molecule has 0 saturated heterocycles. The van der Waals surface area contributed by atoms with Crippen LogP contribution in [0.15, 0.2) is 10.6 Å². The van der Waals surface area contributed by atoms with Gasteiger partial charge in [0.15, 0.2) is 0 Å². The second kappa shape index (κ2) is 2.88. The van der Waals surface area contributed by atoms with Crippen molar-refractivity contribution in [3.05, 3.63) is 10.6 Å². The number of hydrogen-bond acceptors (Lipinski definition) is 0. The van der Waals surface area contributed by atoms with Crippen molar-refractivity contribution in [2.45, 2.75) is 24.6 Å². The molecule has 1 aliphatic rings. The first kappa shape index (κ1) is 6.63. The Bertz CT molecular complexity index is 109. The molecule has 1 atom stereocenters. The fourth-order valence-electron chi connectivity index (χ4n) is 0.770. The summed E-state index contributed by atoms with van der Waals surface area (Å²) in [4.78, 5) is 0. The molecule has 8 heavy (non-hydrogen) atoms. The zero-order valence-corrected chi connectivity index (χ0v) is 6.87.